The Hall–Kier alpha value is -3.74. The number of piperidine rings is 2. The zero-order valence-electron chi connectivity index (χ0n) is 23.7. The second-order valence-electron chi connectivity index (χ2n) is 13.0. The van der Waals surface area contributed by atoms with Gasteiger partial charge in [-0.15, -0.1) is 0 Å². The van der Waals surface area contributed by atoms with E-state index in [1.807, 2.05) is 0 Å². The van der Waals surface area contributed by atoms with Gasteiger partial charge in [-0.2, -0.15) is 0 Å². The van der Waals surface area contributed by atoms with Gasteiger partial charge in [0.15, 0.2) is 11.4 Å². The van der Waals surface area contributed by atoms with Crippen molar-refractivity contribution in [2.24, 2.45) is 0 Å². The Bertz CT molecular complexity index is 1580. The van der Waals surface area contributed by atoms with Gasteiger partial charge in [-0.25, -0.2) is 9.59 Å². The third-order valence-electron chi connectivity index (χ3n) is 10.3. The number of ether oxygens (including phenoxy) is 2. The molecule has 6 heteroatoms. The van der Waals surface area contributed by atoms with Crippen LogP contribution in [-0.2, 0) is 19.1 Å². The maximum absolute atomic E-state index is 13.3. The van der Waals surface area contributed by atoms with Gasteiger partial charge < -0.3 is 9.47 Å². The van der Waals surface area contributed by atoms with Gasteiger partial charge in [0, 0.05) is 37.8 Å². The summed E-state index contributed by atoms with van der Waals surface area (Å²) >= 11 is 0. The summed E-state index contributed by atoms with van der Waals surface area (Å²) in [5.74, 6) is -1.28. The smallest absolute Gasteiger partial charge is 0.419 e. The Balaban J connectivity index is 0.966. The summed E-state index contributed by atoms with van der Waals surface area (Å²) in [6, 6.07) is 30.5. The average molecular weight is 561 g/mol. The Morgan fingerprint density at radius 1 is 0.595 bits per heavy atom. The number of hydrogen-bond donors (Lipinski definition) is 2. The number of fused-ring (bicyclic) bond motifs is 6. The van der Waals surface area contributed by atoms with Crippen molar-refractivity contribution in [1.82, 2.24) is 10.6 Å². The Kier molecular flexibility index (Phi) is 6.13. The van der Waals surface area contributed by atoms with E-state index >= 15 is 0 Å². The first-order valence-electron chi connectivity index (χ1n) is 15.4. The second kappa shape index (κ2) is 9.92. The Morgan fingerprint density at radius 2 is 1.02 bits per heavy atom. The molecule has 0 aliphatic carbocycles. The van der Waals surface area contributed by atoms with Crippen LogP contribution in [0.1, 0.15) is 74.3 Å². The van der Waals surface area contributed by atoms with Crippen molar-refractivity contribution in [1.29, 1.82) is 0 Å². The second-order valence-corrected chi connectivity index (χ2v) is 13.0. The molecule has 42 heavy (non-hydrogen) atoms. The molecule has 4 bridgehead atoms. The lowest BCUT2D eigenvalue weighted by Crippen LogP contribution is -2.55. The van der Waals surface area contributed by atoms with E-state index in [2.05, 4.69) is 95.6 Å². The number of benzene rings is 4. The maximum atomic E-state index is 13.3. The largest absolute Gasteiger partial charge is 0.435 e. The summed E-state index contributed by atoms with van der Waals surface area (Å²) in [7, 11) is 0. The fourth-order valence-electron chi connectivity index (χ4n) is 8.29. The highest BCUT2D eigenvalue weighted by Gasteiger charge is 2.52. The summed E-state index contributed by atoms with van der Waals surface area (Å²) in [6.45, 7) is 0. The fourth-order valence-corrected chi connectivity index (χ4v) is 8.29. The monoisotopic (exact) mass is 560 g/mol. The van der Waals surface area contributed by atoms with Crippen LogP contribution in [0.4, 0.5) is 0 Å². The molecule has 0 amide bonds. The molecule has 4 aliphatic rings. The number of carbonyl (C=O) groups is 2. The first kappa shape index (κ1) is 25.9. The molecule has 6 atom stereocenters. The van der Waals surface area contributed by atoms with Crippen LogP contribution in [0.15, 0.2) is 84.9 Å². The van der Waals surface area contributed by atoms with E-state index in [4.69, 9.17) is 9.47 Å². The summed E-state index contributed by atoms with van der Waals surface area (Å²) < 4.78 is 12.0. The molecule has 0 aromatic heterocycles. The van der Waals surface area contributed by atoms with E-state index in [1.54, 1.807) is 0 Å². The van der Waals surface area contributed by atoms with Gasteiger partial charge in [0.1, 0.15) is 0 Å². The lowest BCUT2D eigenvalue weighted by atomic mass is 9.84. The summed E-state index contributed by atoms with van der Waals surface area (Å²) in [4.78, 5) is 26.6. The van der Waals surface area contributed by atoms with E-state index < -0.39 is 23.4 Å². The van der Waals surface area contributed by atoms with Crippen LogP contribution in [0.25, 0.3) is 21.5 Å². The molecule has 0 spiro atoms. The molecule has 4 aromatic carbocycles. The van der Waals surface area contributed by atoms with E-state index in [0.29, 0.717) is 25.7 Å². The molecule has 0 radical (unpaired) electrons. The minimum absolute atomic E-state index is 0.254. The summed E-state index contributed by atoms with van der Waals surface area (Å²) in [5, 5.41) is 11.9. The molecule has 214 valence electrons. The molecule has 8 rings (SSSR count). The van der Waals surface area contributed by atoms with Crippen LogP contribution < -0.4 is 10.6 Å². The van der Waals surface area contributed by atoms with Crippen LogP contribution in [0, 0.1) is 0 Å². The standard InChI is InChI=1S/C36H36N2O4/c39-33(41-35-15-13-31(37-35)19-29(21-35)27-11-9-23-5-1-3-7-25(23)17-27)34(40)42-36-16-14-32(38-36)20-30(22-36)28-12-10-24-6-2-4-8-26(24)18-28/h1-12,17-18,29-32,37-38H,13-16,19-22H2. The number of hydrogen-bond acceptors (Lipinski definition) is 6. The van der Waals surface area contributed by atoms with Crippen molar-refractivity contribution in [2.75, 3.05) is 0 Å². The molecular formula is C36H36N2O4. The van der Waals surface area contributed by atoms with Crippen molar-refractivity contribution in [3.63, 3.8) is 0 Å². The molecule has 4 fully saturated rings. The van der Waals surface area contributed by atoms with Crippen LogP contribution in [0.3, 0.4) is 0 Å². The van der Waals surface area contributed by atoms with E-state index in [0.717, 1.165) is 25.7 Å². The molecule has 4 saturated heterocycles. The maximum Gasteiger partial charge on any atom is 0.419 e. The molecule has 6 unspecified atom stereocenters. The highest BCUT2D eigenvalue weighted by molar-refractivity contribution is 6.30. The van der Waals surface area contributed by atoms with Crippen LogP contribution in [-0.4, -0.2) is 35.5 Å². The molecule has 2 N–H and O–H groups in total. The first-order chi connectivity index (χ1) is 20.4. The first-order valence-corrected chi connectivity index (χ1v) is 15.4. The predicted octanol–water partition coefficient (Wildman–Crippen LogP) is 6.43. The van der Waals surface area contributed by atoms with Crippen LogP contribution in [0.5, 0.6) is 0 Å². The third-order valence-corrected chi connectivity index (χ3v) is 10.3. The SMILES string of the molecule is O=C(OC12CCC(CC(c3ccc4ccccc4c3)C1)N2)C(=O)OC12CCC(CC(c3ccc4ccccc4c3)C1)N2. The summed E-state index contributed by atoms with van der Waals surface area (Å²) in [6.07, 6.45) is 6.54. The van der Waals surface area contributed by atoms with Crippen molar-refractivity contribution >= 4 is 33.5 Å². The normalized spacial score (nSPS) is 31.7. The molecule has 4 aromatic rings. The molecular weight excluding hydrogens is 524 g/mol. The number of nitrogens with one attached hydrogen (secondary N) is 2. The third kappa shape index (κ3) is 4.67. The quantitative estimate of drug-likeness (QED) is 0.221. The van der Waals surface area contributed by atoms with Gasteiger partial charge in [0.2, 0.25) is 0 Å². The minimum atomic E-state index is -0.894. The predicted molar refractivity (Wildman–Crippen MR) is 162 cm³/mol. The Morgan fingerprint density at radius 3 is 1.48 bits per heavy atom. The zero-order chi connectivity index (χ0) is 28.3. The minimum Gasteiger partial charge on any atom is -0.435 e. The van der Waals surface area contributed by atoms with E-state index in [1.165, 1.54) is 32.7 Å². The highest BCUT2D eigenvalue weighted by Crippen LogP contribution is 2.46. The van der Waals surface area contributed by atoms with Gasteiger partial charge in [-0.3, -0.25) is 10.6 Å². The molecule has 6 nitrogen and oxygen atoms in total. The highest BCUT2D eigenvalue weighted by atomic mass is 16.6. The average Bonchev–Trinajstić information content (AvgIpc) is 3.48. The van der Waals surface area contributed by atoms with Gasteiger partial charge >= 0.3 is 11.9 Å². The lowest BCUT2D eigenvalue weighted by Gasteiger charge is -2.40. The number of esters is 2. The van der Waals surface area contributed by atoms with E-state index in [-0.39, 0.29) is 23.9 Å². The zero-order valence-corrected chi connectivity index (χ0v) is 23.7. The van der Waals surface area contributed by atoms with Crippen LogP contribution >= 0.6 is 0 Å². The van der Waals surface area contributed by atoms with Crippen molar-refractivity contribution < 1.29 is 19.1 Å². The van der Waals surface area contributed by atoms with Gasteiger partial charge in [-0.05, 0) is 70.2 Å². The molecule has 4 heterocycles. The number of rotatable bonds is 4. The Labute approximate surface area is 245 Å². The lowest BCUT2D eigenvalue weighted by molar-refractivity contribution is -0.192. The van der Waals surface area contributed by atoms with Crippen molar-refractivity contribution in [3.05, 3.63) is 96.1 Å². The van der Waals surface area contributed by atoms with Gasteiger partial charge in [0.05, 0.1) is 0 Å². The van der Waals surface area contributed by atoms with Gasteiger partial charge in [0.25, 0.3) is 0 Å². The van der Waals surface area contributed by atoms with Gasteiger partial charge in [-0.1, -0.05) is 84.9 Å². The van der Waals surface area contributed by atoms with E-state index in [9.17, 15) is 9.59 Å². The van der Waals surface area contributed by atoms with Crippen molar-refractivity contribution in [3.8, 4) is 0 Å². The van der Waals surface area contributed by atoms with Crippen molar-refractivity contribution in [2.45, 2.75) is 86.7 Å². The fraction of sp³-hybridized carbons (Fsp3) is 0.389. The summed E-state index contributed by atoms with van der Waals surface area (Å²) in [5.41, 5.74) is 0.844. The topological polar surface area (TPSA) is 76.7 Å². The van der Waals surface area contributed by atoms with Crippen LogP contribution in [0.2, 0.25) is 0 Å². The molecule has 0 saturated carbocycles. The molecule has 4 aliphatic heterocycles. The number of carbonyl (C=O) groups excluding carboxylic acids is 2.